The average molecular weight is 590 g/mol. The number of hydrogen-bond donors (Lipinski definition) is 4. The summed E-state index contributed by atoms with van der Waals surface area (Å²) in [5.74, 6) is -6.25. The predicted molar refractivity (Wildman–Crippen MR) is 133 cm³/mol. The molecule has 6 rings (SSSR count). The molecule has 0 radical (unpaired) electrons. The topological polar surface area (TPSA) is 133 Å². The quantitative estimate of drug-likeness (QED) is 0.365. The maximum absolute atomic E-state index is 13.6. The fraction of sp³-hybridized carbons (Fsp3) is 0.500. The van der Waals surface area contributed by atoms with Crippen LogP contribution in [-0.4, -0.2) is 65.4 Å². The molecule has 1 amide bonds. The largest absolute Gasteiger partial charge is 0.390 e. The summed E-state index contributed by atoms with van der Waals surface area (Å²) in [5, 5.41) is 31.8. The van der Waals surface area contributed by atoms with Gasteiger partial charge in [0.05, 0.1) is 45.7 Å². The summed E-state index contributed by atoms with van der Waals surface area (Å²) >= 11 is 6.21. The fourth-order valence-corrected chi connectivity index (χ4v) is 8.36. The first-order valence-corrected chi connectivity index (χ1v) is 14.4. The number of fused-ring (bicyclic) bond motifs is 2. The number of nitrogens with one attached hydrogen (secondary N) is 1. The van der Waals surface area contributed by atoms with Crippen LogP contribution in [-0.2, 0) is 14.6 Å². The van der Waals surface area contributed by atoms with Crippen LogP contribution in [0, 0.1) is 29.3 Å². The molecule has 4 fully saturated rings. The van der Waals surface area contributed by atoms with Crippen LogP contribution < -0.4 is 5.32 Å². The lowest BCUT2D eigenvalue weighted by Gasteiger charge is -2.58. The number of aliphatic hydroxyl groups excluding tert-OH is 2. The van der Waals surface area contributed by atoms with Gasteiger partial charge in [0.15, 0.2) is 27.3 Å². The van der Waals surface area contributed by atoms with Gasteiger partial charge in [-0.1, -0.05) is 11.6 Å². The van der Waals surface area contributed by atoms with E-state index >= 15 is 0 Å². The lowest BCUT2D eigenvalue weighted by atomic mass is 9.54. The molecular weight excluding hydrogens is 563 g/mol. The second-order valence-corrected chi connectivity index (χ2v) is 13.3. The molecule has 39 heavy (non-hydrogen) atoms. The van der Waals surface area contributed by atoms with Gasteiger partial charge >= 0.3 is 0 Å². The van der Waals surface area contributed by atoms with E-state index in [1.165, 1.54) is 12.1 Å². The molecule has 2 unspecified atom stereocenters. The Bertz CT molecular complexity index is 1360. The maximum atomic E-state index is 13.6. The van der Waals surface area contributed by atoms with Gasteiger partial charge in [0.1, 0.15) is 0 Å². The van der Waals surface area contributed by atoms with Crippen LogP contribution in [0.2, 0.25) is 5.02 Å². The number of aliphatic hydroxyl groups is 3. The molecule has 0 aromatic heterocycles. The van der Waals surface area contributed by atoms with E-state index in [4.69, 9.17) is 16.3 Å². The van der Waals surface area contributed by atoms with Crippen LogP contribution >= 0.6 is 11.6 Å². The van der Waals surface area contributed by atoms with Crippen molar-refractivity contribution in [2.75, 3.05) is 11.9 Å². The monoisotopic (exact) mass is 589 g/mol. The Balaban J connectivity index is 1.28. The Kier molecular flexibility index (Phi) is 7.49. The molecule has 0 heterocycles. The van der Waals surface area contributed by atoms with Crippen LogP contribution in [0.3, 0.4) is 0 Å². The van der Waals surface area contributed by atoms with E-state index in [1.807, 2.05) is 0 Å². The smallest absolute Gasteiger partial charge is 0.255 e. The Hall–Kier alpha value is -2.22. The molecule has 0 spiro atoms. The molecule has 0 aliphatic heterocycles. The minimum Gasteiger partial charge on any atom is -0.390 e. The lowest BCUT2D eigenvalue weighted by Crippen LogP contribution is -2.64. The van der Waals surface area contributed by atoms with E-state index in [2.05, 4.69) is 5.32 Å². The van der Waals surface area contributed by atoms with Crippen molar-refractivity contribution in [3.05, 3.63) is 58.4 Å². The number of carbonyl (C=O) groups is 1. The molecule has 4 aliphatic rings. The van der Waals surface area contributed by atoms with Crippen molar-refractivity contribution < 1.29 is 46.4 Å². The minimum atomic E-state index is -4.04. The Morgan fingerprint density at radius 1 is 1.00 bits per heavy atom. The number of anilines is 1. The zero-order valence-electron chi connectivity index (χ0n) is 20.5. The molecule has 212 valence electrons. The summed E-state index contributed by atoms with van der Waals surface area (Å²) in [7, 11) is -4.04. The molecule has 5 atom stereocenters. The van der Waals surface area contributed by atoms with Gasteiger partial charge in [0.25, 0.3) is 5.91 Å². The highest BCUT2D eigenvalue weighted by Crippen LogP contribution is 2.56. The molecule has 4 saturated carbocycles. The van der Waals surface area contributed by atoms with E-state index in [0.717, 1.165) is 6.07 Å². The average Bonchev–Trinajstić information content (AvgIpc) is 3.22. The van der Waals surface area contributed by atoms with Gasteiger partial charge in [-0.2, -0.15) is 0 Å². The molecular formula is C26H27ClF3NO7S. The Morgan fingerprint density at radius 2 is 1.59 bits per heavy atom. The van der Waals surface area contributed by atoms with E-state index in [1.54, 1.807) is 0 Å². The third-order valence-electron chi connectivity index (χ3n) is 8.26. The van der Waals surface area contributed by atoms with E-state index in [-0.39, 0.29) is 65.3 Å². The molecule has 2 aromatic carbocycles. The highest BCUT2D eigenvalue weighted by atomic mass is 35.5. The number of rotatable bonds is 7. The molecule has 2 bridgehead atoms. The van der Waals surface area contributed by atoms with Crippen LogP contribution in [0.25, 0.3) is 0 Å². The number of hydrogen-bond acceptors (Lipinski definition) is 7. The van der Waals surface area contributed by atoms with Gasteiger partial charge in [0.2, 0.25) is 0 Å². The lowest BCUT2D eigenvalue weighted by molar-refractivity contribution is -0.214. The summed E-state index contributed by atoms with van der Waals surface area (Å²) in [6.07, 6.45) is -0.696. The number of halogens is 4. The highest BCUT2D eigenvalue weighted by molar-refractivity contribution is 7.92. The van der Waals surface area contributed by atoms with Crippen LogP contribution in [0.4, 0.5) is 18.9 Å². The van der Waals surface area contributed by atoms with E-state index < -0.39 is 62.4 Å². The third kappa shape index (κ3) is 5.18. The zero-order valence-corrected chi connectivity index (χ0v) is 22.1. The number of sulfone groups is 1. The number of benzene rings is 2. The molecule has 4 N–H and O–H groups in total. The minimum absolute atomic E-state index is 0.0276. The maximum Gasteiger partial charge on any atom is 0.255 e. The summed E-state index contributed by atoms with van der Waals surface area (Å²) in [6, 6.07) is 4.75. The van der Waals surface area contributed by atoms with Gasteiger partial charge in [-0.25, -0.2) is 21.6 Å². The first-order valence-electron chi connectivity index (χ1n) is 12.5. The Labute approximate surface area is 227 Å². The van der Waals surface area contributed by atoms with Crippen LogP contribution in [0.15, 0.2) is 35.2 Å². The van der Waals surface area contributed by atoms with Gasteiger partial charge in [-0.3, -0.25) is 4.79 Å². The van der Waals surface area contributed by atoms with Gasteiger partial charge in [-0.05, 0) is 49.3 Å². The normalized spacial score (nSPS) is 32.1. The molecule has 0 saturated heterocycles. The van der Waals surface area contributed by atoms with Crippen molar-refractivity contribution in [3.63, 3.8) is 0 Å². The second kappa shape index (κ2) is 10.3. The summed E-state index contributed by atoms with van der Waals surface area (Å²) in [4.78, 5) is 12.4. The first kappa shape index (κ1) is 28.3. The number of amides is 1. The number of carbonyl (C=O) groups excluding carboxylic acids is 1. The number of ether oxygens (including phenoxy) is 1. The first-order chi connectivity index (χ1) is 18.3. The van der Waals surface area contributed by atoms with Crippen molar-refractivity contribution >= 4 is 33.0 Å². The Morgan fingerprint density at radius 3 is 2.18 bits per heavy atom. The third-order valence-corrected chi connectivity index (χ3v) is 10.9. The molecule has 4 aliphatic carbocycles. The standard InChI is InChI=1S/C26H27ClF3NO7S/c27-18-2-1-12(25(34)31-15-7-19(28)24(30)20(29)8-15)3-23(18)39(36,37)17-5-13-4-14(6-17)26(13,35)11-38-16-9-21(32)22(33)10-16/h1-3,7-8,13-14,16-17,21-22,32-33,35H,4-6,9-11H2,(H,31,34)/t13?,14?,16-,17?,21+,22-,26?. The highest BCUT2D eigenvalue weighted by Gasteiger charge is 2.60. The van der Waals surface area contributed by atoms with Crippen molar-refractivity contribution in [1.29, 1.82) is 0 Å². The molecule has 8 nitrogen and oxygen atoms in total. The van der Waals surface area contributed by atoms with Crippen molar-refractivity contribution in [2.24, 2.45) is 11.8 Å². The van der Waals surface area contributed by atoms with Crippen LogP contribution in [0.5, 0.6) is 0 Å². The van der Waals surface area contributed by atoms with Gasteiger partial charge < -0.3 is 25.4 Å². The second-order valence-electron chi connectivity index (χ2n) is 10.7. The van der Waals surface area contributed by atoms with Gasteiger partial charge in [-0.15, -0.1) is 0 Å². The summed E-state index contributed by atoms with van der Waals surface area (Å²) < 4.78 is 73.1. The molecule has 2 aromatic rings. The summed E-state index contributed by atoms with van der Waals surface area (Å²) in [5.41, 5.74) is -1.71. The van der Waals surface area contributed by atoms with E-state index in [9.17, 15) is 41.7 Å². The van der Waals surface area contributed by atoms with Crippen LogP contribution in [0.1, 0.15) is 42.5 Å². The van der Waals surface area contributed by atoms with Crippen molar-refractivity contribution in [3.8, 4) is 0 Å². The summed E-state index contributed by atoms with van der Waals surface area (Å²) in [6.45, 7) is -0.0276. The van der Waals surface area contributed by atoms with Gasteiger partial charge in [0, 0.05) is 36.2 Å². The van der Waals surface area contributed by atoms with Crippen molar-refractivity contribution in [2.45, 2.75) is 66.2 Å². The van der Waals surface area contributed by atoms with Crippen molar-refractivity contribution in [1.82, 2.24) is 0 Å². The predicted octanol–water partition coefficient (Wildman–Crippen LogP) is 3.21. The molecule has 13 heteroatoms. The zero-order chi connectivity index (χ0) is 28.3. The SMILES string of the molecule is O=C(Nc1cc(F)c(F)c(F)c1)c1ccc(Cl)c(S(=O)(=O)C2CC3CC(C2)C3(O)CO[C@H]2C[C@@H](O)[C@@H](O)C2)c1. The van der Waals surface area contributed by atoms with E-state index in [0.29, 0.717) is 18.6 Å². The fourth-order valence-electron chi connectivity index (χ4n) is 5.95.